The van der Waals surface area contributed by atoms with Crippen LogP contribution in [0.2, 0.25) is 17.3 Å². The first-order valence-electron chi connectivity index (χ1n) is 17.6. The third-order valence-corrected chi connectivity index (χ3v) is 13.8. The van der Waals surface area contributed by atoms with Crippen molar-refractivity contribution in [2.75, 3.05) is 14.2 Å². The summed E-state index contributed by atoms with van der Waals surface area (Å²) >= 11 is 4.34. The zero-order valence-corrected chi connectivity index (χ0v) is 34.7. The van der Waals surface area contributed by atoms with Gasteiger partial charge < -0.3 is 9.30 Å². The Morgan fingerprint density at radius 3 is 1.43 bits per heavy atom. The zero-order chi connectivity index (χ0) is 36.5. The number of halogens is 1. The van der Waals surface area contributed by atoms with Crippen molar-refractivity contribution in [3.8, 4) is 11.5 Å². The summed E-state index contributed by atoms with van der Waals surface area (Å²) in [5.74, 6) is 9.20. The van der Waals surface area contributed by atoms with Crippen LogP contribution >= 0.6 is 11.6 Å². The van der Waals surface area contributed by atoms with E-state index in [0.717, 1.165) is 11.5 Å². The number of hydrogen-bond donors (Lipinski definition) is 0. The number of rotatable bonds is 5. The van der Waals surface area contributed by atoms with Crippen molar-refractivity contribution in [2.24, 2.45) is 14.1 Å². The molecule has 0 atom stereocenters. The van der Waals surface area contributed by atoms with E-state index in [1.54, 1.807) is 14.2 Å². The molecule has 0 unspecified atom stereocenters. The van der Waals surface area contributed by atoms with Crippen LogP contribution in [0.1, 0.15) is 22.3 Å². The fraction of sp³-hybridized carbons (Fsp3) is 0.302. The fourth-order valence-electron chi connectivity index (χ4n) is 8.31. The number of benzene rings is 4. The Morgan fingerprint density at radius 1 is 0.588 bits per heavy atom. The quantitative estimate of drug-likeness (QED) is 0.0995. The molecule has 0 radical (unpaired) electrons. The molecule has 8 heteroatoms. The molecule has 8 rings (SSSR count). The van der Waals surface area contributed by atoms with Gasteiger partial charge in [-0.15, -0.1) is 0 Å². The Labute approximate surface area is 308 Å². The number of hydrogen-bond acceptors (Lipinski definition) is 2. The van der Waals surface area contributed by atoms with E-state index in [4.69, 9.17) is 21.1 Å². The second-order valence-electron chi connectivity index (χ2n) is 15.2. The Bertz CT molecular complexity index is 2680. The molecule has 4 aromatic carbocycles. The number of pyridine rings is 2. The summed E-state index contributed by atoms with van der Waals surface area (Å²) in [5.41, 5.74) is 10.4. The van der Waals surface area contributed by atoms with Crippen LogP contribution in [-0.2, 0) is 25.5 Å². The Balaban J connectivity index is 0.000000160. The van der Waals surface area contributed by atoms with Crippen LogP contribution < -0.4 is 18.6 Å². The van der Waals surface area contributed by atoms with Crippen LogP contribution in [-0.4, -0.2) is 36.6 Å². The van der Waals surface area contributed by atoms with Gasteiger partial charge in [0.25, 0.3) is 0 Å². The number of aromatic nitrogens is 4. The molecular weight excluding hydrogens is 713 g/mol. The minimum absolute atomic E-state index is 0.454. The van der Waals surface area contributed by atoms with Gasteiger partial charge in [-0.05, 0) is 48.6 Å². The van der Waals surface area contributed by atoms with Crippen molar-refractivity contribution < 1.29 is 18.6 Å². The number of aryl methyl sites for hydroxylation is 6. The van der Waals surface area contributed by atoms with Crippen LogP contribution in [0.3, 0.4) is 0 Å². The van der Waals surface area contributed by atoms with Crippen LogP contribution in [0.5, 0.6) is 11.5 Å². The number of ether oxygens (including phenoxy) is 2. The fourth-order valence-corrected chi connectivity index (χ4v) is 11.2. The Morgan fingerprint density at radius 2 is 1.02 bits per heavy atom. The molecule has 4 aromatic heterocycles. The molecular formula is C43H49ClGeN4O2+2. The average Bonchev–Trinajstić information content (AvgIpc) is 3.58. The molecule has 0 spiro atoms. The summed E-state index contributed by atoms with van der Waals surface area (Å²) in [5, 5.41) is 11.6. The Kier molecular flexibility index (Phi) is 9.00. The topological polar surface area (TPSA) is 36.1 Å². The predicted molar refractivity (Wildman–Crippen MR) is 218 cm³/mol. The molecule has 6 nitrogen and oxygen atoms in total. The molecule has 51 heavy (non-hydrogen) atoms. The monoisotopic (exact) mass is 762 g/mol. The summed E-state index contributed by atoms with van der Waals surface area (Å²) in [6.45, 7) is 8.92. The third kappa shape index (κ3) is 5.81. The first-order valence-corrected chi connectivity index (χ1v) is 25.9. The normalized spacial score (nSPS) is 12.1. The number of alkyl halides is 1. The summed E-state index contributed by atoms with van der Waals surface area (Å²) in [4.78, 5) is 0. The molecule has 0 amide bonds. The molecule has 0 fully saturated rings. The Hall–Kier alpha value is -4.27. The maximum atomic E-state index is 6.02. The van der Waals surface area contributed by atoms with E-state index < -0.39 is 13.3 Å². The van der Waals surface area contributed by atoms with Crippen LogP contribution in [0.25, 0.3) is 65.2 Å². The molecule has 0 N–H and O–H groups in total. The van der Waals surface area contributed by atoms with E-state index in [2.05, 4.69) is 134 Å². The van der Waals surface area contributed by atoms with Crippen LogP contribution in [0.15, 0.2) is 73.3 Å². The van der Waals surface area contributed by atoms with Crippen LogP contribution in [0, 0.1) is 27.7 Å². The second-order valence-corrected chi connectivity index (χ2v) is 26.9. The predicted octanol–water partition coefficient (Wildman–Crippen LogP) is 9.87. The van der Waals surface area contributed by atoms with Crippen molar-refractivity contribution in [3.63, 3.8) is 0 Å². The van der Waals surface area contributed by atoms with E-state index in [9.17, 15) is 0 Å². The van der Waals surface area contributed by atoms with Crippen molar-refractivity contribution >= 4 is 90.0 Å². The third-order valence-electron chi connectivity index (χ3n) is 10.7. The van der Waals surface area contributed by atoms with Gasteiger partial charge >= 0.3 is 164 Å². The van der Waals surface area contributed by atoms with Gasteiger partial charge in [-0.1, -0.05) is 11.6 Å². The zero-order valence-electron chi connectivity index (χ0n) is 31.8. The van der Waals surface area contributed by atoms with E-state index in [0.29, 0.717) is 6.00 Å². The SMILES string of the molecule is COc1ccc2c(c1)c1c(C)c3c[n+](CCl)ccc3c(C)c1n2C.COc1ccc2c(c1)c1c(C)c3c[n+]([CH2][Ge]([CH3])([CH3])[CH3])ccc3c(C)c1n2C. The van der Waals surface area contributed by atoms with Crippen molar-refractivity contribution in [1.82, 2.24) is 9.13 Å². The van der Waals surface area contributed by atoms with Crippen LogP contribution in [0.4, 0.5) is 0 Å². The first kappa shape index (κ1) is 35.1. The summed E-state index contributed by atoms with van der Waals surface area (Å²) in [7, 11) is 7.76. The number of methoxy groups -OCH3 is 2. The maximum absolute atomic E-state index is 6.02. The number of fused-ring (bicyclic) bond motifs is 8. The van der Waals surface area contributed by atoms with E-state index in [1.165, 1.54) is 92.8 Å². The molecule has 0 aliphatic heterocycles. The molecule has 4 heterocycles. The molecule has 0 bridgehead atoms. The summed E-state index contributed by atoms with van der Waals surface area (Å²) < 4.78 is 20.0. The van der Waals surface area contributed by atoms with E-state index >= 15 is 0 Å². The molecule has 0 aliphatic carbocycles. The van der Waals surface area contributed by atoms with Crippen molar-refractivity contribution in [1.29, 1.82) is 0 Å². The summed E-state index contributed by atoms with van der Waals surface area (Å²) in [6, 6.07) is 17.6. The molecule has 262 valence electrons. The van der Waals surface area contributed by atoms with Gasteiger partial charge in [-0.3, -0.25) is 0 Å². The van der Waals surface area contributed by atoms with Gasteiger partial charge in [0.15, 0.2) is 12.4 Å². The van der Waals surface area contributed by atoms with Crippen molar-refractivity contribution in [2.45, 2.75) is 56.3 Å². The van der Waals surface area contributed by atoms with Gasteiger partial charge in [0.2, 0.25) is 6.00 Å². The standard InChI is InChI=1S/C23H29GeN2O.C20H20ClN2O/c1-15-20-13-26(14-24(3,4)5)11-10-18(20)16(2)23-22(15)19-12-17(27-7)8-9-21(19)25(23)6;1-12-17-10-23(11-21)8-7-15(17)13(2)20-19(12)16-9-14(24-4)5-6-18(16)22(20)3/h8-13H,14H2,1-7H3;5-10H,11H2,1-4H3/q2*+1. The molecule has 0 aliphatic rings. The van der Waals surface area contributed by atoms with E-state index in [-0.39, 0.29) is 0 Å². The molecule has 8 aromatic rings. The van der Waals surface area contributed by atoms with Gasteiger partial charge in [-0.25, -0.2) is 0 Å². The average molecular weight is 762 g/mol. The van der Waals surface area contributed by atoms with Gasteiger partial charge in [0, 0.05) is 34.8 Å². The van der Waals surface area contributed by atoms with Gasteiger partial charge in [-0.2, -0.15) is 4.57 Å². The minimum atomic E-state index is -1.68. The van der Waals surface area contributed by atoms with Crippen molar-refractivity contribution in [3.05, 3.63) is 95.6 Å². The van der Waals surface area contributed by atoms with Gasteiger partial charge in [0.05, 0.1) is 12.6 Å². The van der Waals surface area contributed by atoms with Gasteiger partial charge in [0.1, 0.15) is 5.75 Å². The molecule has 0 saturated heterocycles. The number of nitrogens with zero attached hydrogens (tertiary/aromatic N) is 4. The van der Waals surface area contributed by atoms with E-state index in [1.807, 2.05) is 16.8 Å². The molecule has 0 saturated carbocycles. The first-order chi connectivity index (χ1) is 24.3. The summed E-state index contributed by atoms with van der Waals surface area (Å²) in [6.07, 6.45) is 8.82. The second kappa shape index (κ2) is 13.1.